The van der Waals surface area contributed by atoms with Gasteiger partial charge in [0.15, 0.2) is 0 Å². The summed E-state index contributed by atoms with van der Waals surface area (Å²) in [6, 6.07) is 19.0. The van der Waals surface area contributed by atoms with Crippen molar-refractivity contribution in [2.24, 2.45) is 0 Å². The Morgan fingerprint density at radius 1 is 0.818 bits per heavy atom. The van der Waals surface area contributed by atoms with E-state index >= 15 is 0 Å². The van der Waals surface area contributed by atoms with Gasteiger partial charge in [0.1, 0.15) is 24.6 Å². The number of nitrogens with zero attached hydrogens (tertiary/aromatic N) is 3. The Labute approximate surface area is 195 Å². The summed E-state index contributed by atoms with van der Waals surface area (Å²) in [5, 5.41) is 21.4. The number of aromatic nitrogens is 2. The van der Waals surface area contributed by atoms with Crippen LogP contribution in [0.2, 0.25) is 0 Å². The molecule has 2 heterocycles. The minimum atomic E-state index is -0.747. The van der Waals surface area contributed by atoms with E-state index in [0.717, 1.165) is 17.7 Å². The third-order valence-corrected chi connectivity index (χ3v) is 5.26. The second kappa shape index (κ2) is 13.6. The number of aliphatic hydroxyl groups excluding tert-OH is 2. The van der Waals surface area contributed by atoms with E-state index < -0.39 is 12.2 Å². The van der Waals surface area contributed by atoms with Crippen molar-refractivity contribution in [3.63, 3.8) is 0 Å². The van der Waals surface area contributed by atoms with Crippen molar-refractivity contribution >= 4 is 0 Å². The predicted molar refractivity (Wildman–Crippen MR) is 127 cm³/mol. The molecule has 0 radical (unpaired) electrons. The van der Waals surface area contributed by atoms with Crippen molar-refractivity contribution in [1.29, 1.82) is 0 Å². The van der Waals surface area contributed by atoms with Crippen molar-refractivity contribution < 1.29 is 19.7 Å². The van der Waals surface area contributed by atoms with Crippen LogP contribution in [0.15, 0.2) is 73.1 Å². The number of pyridine rings is 2. The smallest absolute Gasteiger partial charge is 0.119 e. The van der Waals surface area contributed by atoms with Crippen LogP contribution in [0.25, 0.3) is 0 Å². The average molecular weight is 452 g/mol. The van der Waals surface area contributed by atoms with Gasteiger partial charge in [0, 0.05) is 38.6 Å². The molecule has 3 rings (SSSR count). The normalized spacial score (nSPS) is 13.1. The Bertz CT molecular complexity index is 862. The summed E-state index contributed by atoms with van der Waals surface area (Å²) in [4.78, 5) is 10.6. The first kappa shape index (κ1) is 24.8. The van der Waals surface area contributed by atoms with E-state index in [4.69, 9.17) is 9.47 Å². The zero-order chi connectivity index (χ0) is 23.3. The summed E-state index contributed by atoms with van der Waals surface area (Å²) in [6.45, 7) is 5.13. The van der Waals surface area contributed by atoms with Gasteiger partial charge in [-0.25, -0.2) is 0 Å². The molecule has 7 heteroatoms. The maximum Gasteiger partial charge on any atom is 0.119 e. The van der Waals surface area contributed by atoms with Gasteiger partial charge >= 0.3 is 0 Å². The molecule has 0 saturated heterocycles. The van der Waals surface area contributed by atoms with Crippen LogP contribution < -0.4 is 4.74 Å². The van der Waals surface area contributed by atoms with E-state index in [1.54, 1.807) is 12.4 Å². The number of rotatable bonds is 14. The third-order valence-electron chi connectivity index (χ3n) is 5.26. The molecule has 2 atom stereocenters. The van der Waals surface area contributed by atoms with Crippen LogP contribution in [0.1, 0.15) is 36.1 Å². The highest BCUT2D eigenvalue weighted by Gasteiger charge is 2.19. The largest absolute Gasteiger partial charge is 0.491 e. The van der Waals surface area contributed by atoms with Crippen molar-refractivity contribution in [1.82, 2.24) is 14.9 Å². The van der Waals surface area contributed by atoms with Gasteiger partial charge in [-0.05, 0) is 55.3 Å². The van der Waals surface area contributed by atoms with Crippen molar-refractivity contribution in [2.45, 2.75) is 25.6 Å². The molecule has 7 nitrogen and oxygen atoms in total. The predicted octanol–water partition coefficient (Wildman–Crippen LogP) is 3.20. The van der Waals surface area contributed by atoms with Crippen LogP contribution >= 0.6 is 0 Å². The Balaban J connectivity index is 1.59. The summed E-state index contributed by atoms with van der Waals surface area (Å²) in [6.07, 6.45) is 2.61. The van der Waals surface area contributed by atoms with Gasteiger partial charge < -0.3 is 19.7 Å². The quantitative estimate of drug-likeness (QED) is 0.364. The summed E-state index contributed by atoms with van der Waals surface area (Å²) >= 11 is 0. The lowest BCUT2D eigenvalue weighted by Gasteiger charge is -2.27. The van der Waals surface area contributed by atoms with E-state index in [-0.39, 0.29) is 0 Å². The SMILES string of the molecule is CCOCCOc1ccc(CCN(CC(O)c2ccccn2)CC(O)c2ccccn2)cc1. The molecule has 0 bridgehead atoms. The van der Waals surface area contributed by atoms with E-state index in [1.807, 2.05) is 72.5 Å². The number of hydrogen-bond acceptors (Lipinski definition) is 7. The molecule has 0 aliphatic carbocycles. The molecule has 0 spiro atoms. The third kappa shape index (κ3) is 8.55. The van der Waals surface area contributed by atoms with Crippen LogP contribution in [-0.2, 0) is 11.2 Å². The van der Waals surface area contributed by atoms with Gasteiger partial charge in [-0.3, -0.25) is 14.9 Å². The Morgan fingerprint density at radius 3 is 1.94 bits per heavy atom. The molecule has 0 fully saturated rings. The Morgan fingerprint density at radius 2 is 1.42 bits per heavy atom. The monoisotopic (exact) mass is 451 g/mol. The topological polar surface area (TPSA) is 87.9 Å². The average Bonchev–Trinajstić information content (AvgIpc) is 2.87. The van der Waals surface area contributed by atoms with E-state index in [0.29, 0.717) is 50.8 Å². The molecule has 0 aliphatic heterocycles. The summed E-state index contributed by atoms with van der Waals surface area (Å²) in [7, 11) is 0. The first-order valence-electron chi connectivity index (χ1n) is 11.4. The zero-order valence-corrected chi connectivity index (χ0v) is 19.1. The molecule has 1 aromatic carbocycles. The van der Waals surface area contributed by atoms with Gasteiger partial charge in [0.25, 0.3) is 0 Å². The van der Waals surface area contributed by atoms with Crippen LogP contribution in [0.5, 0.6) is 5.75 Å². The summed E-state index contributed by atoms with van der Waals surface area (Å²) in [5.74, 6) is 0.812. The van der Waals surface area contributed by atoms with Crippen LogP contribution in [0.3, 0.4) is 0 Å². The lowest BCUT2D eigenvalue weighted by Crippen LogP contribution is -2.34. The number of aliphatic hydroxyl groups is 2. The molecule has 0 saturated carbocycles. The van der Waals surface area contributed by atoms with Gasteiger partial charge in [-0.1, -0.05) is 24.3 Å². The molecule has 2 unspecified atom stereocenters. The molecule has 33 heavy (non-hydrogen) atoms. The molecule has 0 amide bonds. The number of benzene rings is 1. The molecular weight excluding hydrogens is 418 g/mol. The molecule has 3 aromatic rings. The van der Waals surface area contributed by atoms with Gasteiger partial charge in [-0.2, -0.15) is 0 Å². The maximum atomic E-state index is 10.7. The van der Waals surface area contributed by atoms with Crippen molar-refractivity contribution in [3.8, 4) is 5.75 Å². The van der Waals surface area contributed by atoms with Gasteiger partial charge in [-0.15, -0.1) is 0 Å². The van der Waals surface area contributed by atoms with E-state index in [2.05, 4.69) is 9.97 Å². The van der Waals surface area contributed by atoms with Crippen molar-refractivity contribution in [3.05, 3.63) is 90.0 Å². The second-order valence-electron chi connectivity index (χ2n) is 7.74. The Kier molecular flexibility index (Phi) is 10.3. The number of hydrogen-bond donors (Lipinski definition) is 2. The van der Waals surface area contributed by atoms with Crippen molar-refractivity contribution in [2.75, 3.05) is 39.5 Å². The summed E-state index contributed by atoms with van der Waals surface area (Å²) in [5.41, 5.74) is 2.38. The fourth-order valence-corrected chi connectivity index (χ4v) is 3.48. The molecule has 2 N–H and O–H groups in total. The van der Waals surface area contributed by atoms with Crippen LogP contribution in [0, 0.1) is 0 Å². The maximum absolute atomic E-state index is 10.7. The second-order valence-corrected chi connectivity index (χ2v) is 7.74. The van der Waals surface area contributed by atoms with Gasteiger partial charge in [0.2, 0.25) is 0 Å². The highest BCUT2D eigenvalue weighted by atomic mass is 16.5. The zero-order valence-electron chi connectivity index (χ0n) is 19.1. The molecule has 2 aromatic heterocycles. The molecular formula is C26H33N3O4. The van der Waals surface area contributed by atoms with Gasteiger partial charge in [0.05, 0.1) is 18.0 Å². The Hall–Kier alpha value is -2.84. The standard InChI is InChI=1S/C26H33N3O4/c1-2-32-17-18-33-22-11-9-21(10-12-22)13-16-29(19-25(30)23-7-3-5-14-27-23)20-26(31)24-8-4-6-15-28-24/h3-12,14-15,25-26,30-31H,2,13,16-20H2,1H3. The van der Waals surface area contributed by atoms with E-state index in [1.165, 1.54) is 0 Å². The lowest BCUT2D eigenvalue weighted by molar-refractivity contribution is 0.0661. The minimum Gasteiger partial charge on any atom is -0.491 e. The fourth-order valence-electron chi connectivity index (χ4n) is 3.48. The highest BCUT2D eigenvalue weighted by Crippen LogP contribution is 2.18. The molecule has 176 valence electrons. The van der Waals surface area contributed by atoms with Crippen LogP contribution in [-0.4, -0.2) is 64.5 Å². The minimum absolute atomic E-state index is 0.361. The number of ether oxygens (including phenoxy) is 2. The van der Waals surface area contributed by atoms with E-state index in [9.17, 15) is 10.2 Å². The summed E-state index contributed by atoms with van der Waals surface area (Å²) < 4.78 is 11.0. The highest BCUT2D eigenvalue weighted by molar-refractivity contribution is 5.27. The van der Waals surface area contributed by atoms with Crippen LogP contribution in [0.4, 0.5) is 0 Å². The molecule has 0 aliphatic rings. The fraction of sp³-hybridized carbons (Fsp3) is 0.385. The lowest BCUT2D eigenvalue weighted by atomic mass is 10.1. The first-order valence-corrected chi connectivity index (χ1v) is 11.4. The first-order chi connectivity index (χ1) is 16.2.